The molecule has 29 heavy (non-hydrogen) atoms. The van der Waals surface area contributed by atoms with E-state index in [0.717, 1.165) is 12.0 Å². The van der Waals surface area contributed by atoms with Crippen LogP contribution in [0.25, 0.3) is 11.0 Å². The molecule has 0 bridgehead atoms. The van der Waals surface area contributed by atoms with Gasteiger partial charge in [0.15, 0.2) is 0 Å². The van der Waals surface area contributed by atoms with E-state index in [-0.39, 0.29) is 23.7 Å². The number of rotatable bonds is 8. The van der Waals surface area contributed by atoms with E-state index in [4.69, 9.17) is 13.9 Å². The Balaban J connectivity index is 1.90. The summed E-state index contributed by atoms with van der Waals surface area (Å²) in [6.07, 6.45) is 0.827. The van der Waals surface area contributed by atoms with Crippen LogP contribution in [0.2, 0.25) is 0 Å². The molecule has 0 saturated carbocycles. The first-order chi connectivity index (χ1) is 13.9. The molecule has 0 fully saturated rings. The molecule has 0 aliphatic carbocycles. The molecule has 0 amide bonds. The normalized spacial score (nSPS) is 11.6. The van der Waals surface area contributed by atoms with Crippen LogP contribution in [0.1, 0.15) is 28.6 Å². The number of anilines is 1. The molecule has 0 aliphatic heterocycles. The summed E-state index contributed by atoms with van der Waals surface area (Å²) in [6.45, 7) is 4.05. The lowest BCUT2D eigenvalue weighted by Crippen LogP contribution is -2.13. The van der Waals surface area contributed by atoms with Crippen molar-refractivity contribution in [3.05, 3.63) is 59.4 Å². The van der Waals surface area contributed by atoms with Crippen molar-refractivity contribution in [1.29, 1.82) is 0 Å². The van der Waals surface area contributed by atoms with E-state index in [1.165, 1.54) is 7.11 Å². The van der Waals surface area contributed by atoms with Crippen LogP contribution in [0, 0.1) is 6.92 Å². The number of aryl methyl sites for hydroxylation is 2. The number of hydrogen-bond donors (Lipinski definition) is 1. The van der Waals surface area contributed by atoms with Crippen LogP contribution in [0.4, 0.5) is 5.69 Å². The van der Waals surface area contributed by atoms with E-state index >= 15 is 0 Å². The molecule has 0 spiro atoms. The van der Waals surface area contributed by atoms with Crippen molar-refractivity contribution in [3.8, 4) is 0 Å². The Labute approximate surface area is 169 Å². The zero-order valence-corrected chi connectivity index (χ0v) is 17.3. The van der Waals surface area contributed by atoms with Crippen molar-refractivity contribution in [2.45, 2.75) is 25.2 Å². The number of carbonyl (C=O) groups is 1. The third-order valence-corrected chi connectivity index (χ3v) is 5.88. The topological polar surface area (TPSA) is 94.8 Å². The number of fused-ring (bicyclic) bond motifs is 1. The Bertz CT molecular complexity index is 1120. The van der Waals surface area contributed by atoms with Gasteiger partial charge in [0.1, 0.15) is 23.5 Å². The third kappa shape index (κ3) is 4.60. The lowest BCUT2D eigenvalue weighted by Gasteiger charge is -2.09. The second-order valence-corrected chi connectivity index (χ2v) is 8.16. The van der Waals surface area contributed by atoms with E-state index in [9.17, 15) is 13.2 Å². The first kappa shape index (κ1) is 20.9. The van der Waals surface area contributed by atoms with Gasteiger partial charge in [0.05, 0.1) is 11.5 Å². The van der Waals surface area contributed by atoms with Crippen LogP contribution in [0.15, 0.2) is 51.8 Å². The standard InChI is InChI=1S/C21H23NO6S/c1-4-15-5-8-17(9-6-15)29(24,25)22-16-7-10-19-18(13-16)20(14(2)28-19)21(23)27-12-11-26-3/h5-10,13,22H,4,11-12H2,1-3H3. The maximum Gasteiger partial charge on any atom is 0.342 e. The lowest BCUT2D eigenvalue weighted by molar-refractivity contribution is 0.0388. The van der Waals surface area contributed by atoms with Gasteiger partial charge in [-0.25, -0.2) is 13.2 Å². The molecule has 8 heteroatoms. The Hall–Kier alpha value is -2.84. The molecule has 0 aliphatic rings. The van der Waals surface area contributed by atoms with Gasteiger partial charge in [-0.3, -0.25) is 4.72 Å². The van der Waals surface area contributed by atoms with Crippen LogP contribution < -0.4 is 4.72 Å². The second-order valence-electron chi connectivity index (χ2n) is 6.48. The largest absolute Gasteiger partial charge is 0.460 e. The number of hydrogen-bond acceptors (Lipinski definition) is 6. The van der Waals surface area contributed by atoms with Crippen molar-refractivity contribution in [2.24, 2.45) is 0 Å². The fraction of sp³-hybridized carbons (Fsp3) is 0.286. The summed E-state index contributed by atoms with van der Waals surface area (Å²) in [7, 11) is -2.25. The molecular formula is C21H23NO6S. The molecule has 0 unspecified atom stereocenters. The SMILES string of the molecule is CCc1ccc(S(=O)(=O)Nc2ccc3oc(C)c(C(=O)OCCOC)c3c2)cc1. The fourth-order valence-corrected chi connectivity index (χ4v) is 3.99. The minimum Gasteiger partial charge on any atom is -0.460 e. The number of ether oxygens (including phenoxy) is 2. The highest BCUT2D eigenvalue weighted by Gasteiger charge is 2.21. The van der Waals surface area contributed by atoms with Crippen molar-refractivity contribution in [1.82, 2.24) is 0 Å². The van der Waals surface area contributed by atoms with E-state index in [1.54, 1.807) is 49.4 Å². The van der Waals surface area contributed by atoms with E-state index in [1.807, 2.05) is 6.92 Å². The molecule has 154 valence electrons. The van der Waals surface area contributed by atoms with Crippen LogP contribution in [-0.4, -0.2) is 34.7 Å². The minimum absolute atomic E-state index is 0.113. The van der Waals surface area contributed by atoms with Gasteiger partial charge in [0.25, 0.3) is 10.0 Å². The van der Waals surface area contributed by atoms with E-state index in [0.29, 0.717) is 22.4 Å². The summed E-state index contributed by atoms with van der Waals surface area (Å²) < 4.78 is 43.6. The number of methoxy groups -OCH3 is 1. The van der Waals surface area contributed by atoms with Gasteiger partial charge in [-0.05, 0) is 49.2 Å². The summed E-state index contributed by atoms with van der Waals surface area (Å²) in [6, 6.07) is 11.5. The molecule has 3 aromatic rings. The number of benzene rings is 2. The summed E-state index contributed by atoms with van der Waals surface area (Å²) in [5.74, 6) is -0.147. The number of nitrogens with one attached hydrogen (secondary N) is 1. The van der Waals surface area contributed by atoms with E-state index in [2.05, 4.69) is 4.72 Å². The van der Waals surface area contributed by atoms with E-state index < -0.39 is 16.0 Å². The molecule has 1 heterocycles. The molecule has 1 aromatic heterocycles. The average molecular weight is 417 g/mol. The fourth-order valence-electron chi connectivity index (χ4n) is 2.95. The molecule has 0 atom stereocenters. The predicted octanol–water partition coefficient (Wildman–Crippen LogP) is 3.91. The Morgan fingerprint density at radius 3 is 2.48 bits per heavy atom. The quantitative estimate of drug-likeness (QED) is 0.441. The first-order valence-electron chi connectivity index (χ1n) is 9.16. The molecule has 0 saturated heterocycles. The lowest BCUT2D eigenvalue weighted by atomic mass is 10.1. The Kier molecular flexibility index (Phi) is 6.24. The van der Waals surface area contributed by atoms with Gasteiger partial charge >= 0.3 is 5.97 Å². The molecule has 7 nitrogen and oxygen atoms in total. The van der Waals surface area contributed by atoms with Gasteiger partial charge in [-0.1, -0.05) is 19.1 Å². The van der Waals surface area contributed by atoms with Gasteiger partial charge in [0.2, 0.25) is 0 Å². The van der Waals surface area contributed by atoms with Crippen molar-refractivity contribution in [3.63, 3.8) is 0 Å². The number of sulfonamides is 1. The van der Waals surface area contributed by atoms with Crippen LogP contribution >= 0.6 is 0 Å². The highest BCUT2D eigenvalue weighted by atomic mass is 32.2. The van der Waals surface area contributed by atoms with Crippen LogP contribution in [-0.2, 0) is 25.9 Å². The van der Waals surface area contributed by atoms with Crippen LogP contribution in [0.3, 0.4) is 0 Å². The van der Waals surface area contributed by atoms with Crippen LogP contribution in [0.5, 0.6) is 0 Å². The maximum atomic E-state index is 12.7. The average Bonchev–Trinajstić information content (AvgIpc) is 3.03. The molecule has 2 aromatic carbocycles. The minimum atomic E-state index is -3.76. The summed E-state index contributed by atoms with van der Waals surface area (Å²) in [5.41, 5.74) is 2.11. The van der Waals surface area contributed by atoms with Crippen molar-refractivity contribution in [2.75, 3.05) is 25.0 Å². The highest BCUT2D eigenvalue weighted by Crippen LogP contribution is 2.29. The van der Waals surface area contributed by atoms with Gasteiger partial charge in [-0.2, -0.15) is 0 Å². The second kappa shape index (κ2) is 8.67. The summed E-state index contributed by atoms with van der Waals surface area (Å²) in [5, 5.41) is 0.478. The van der Waals surface area contributed by atoms with Crippen molar-refractivity contribution >= 4 is 32.6 Å². The number of furan rings is 1. The number of esters is 1. The molecule has 0 radical (unpaired) electrons. The first-order valence-corrected chi connectivity index (χ1v) is 10.6. The summed E-state index contributed by atoms with van der Waals surface area (Å²) >= 11 is 0. The monoisotopic (exact) mass is 417 g/mol. The third-order valence-electron chi connectivity index (χ3n) is 4.48. The molecular weight excluding hydrogens is 394 g/mol. The van der Waals surface area contributed by atoms with Gasteiger partial charge in [0, 0.05) is 18.2 Å². The Morgan fingerprint density at radius 1 is 1.10 bits per heavy atom. The maximum absolute atomic E-state index is 12.7. The highest BCUT2D eigenvalue weighted by molar-refractivity contribution is 7.92. The zero-order chi connectivity index (χ0) is 21.0. The van der Waals surface area contributed by atoms with Crippen molar-refractivity contribution < 1.29 is 27.1 Å². The van der Waals surface area contributed by atoms with Gasteiger partial charge < -0.3 is 13.9 Å². The Morgan fingerprint density at radius 2 is 1.83 bits per heavy atom. The molecule has 1 N–H and O–H groups in total. The zero-order valence-electron chi connectivity index (χ0n) is 16.5. The number of carbonyl (C=O) groups excluding carboxylic acids is 1. The predicted molar refractivity (Wildman–Crippen MR) is 110 cm³/mol. The summed E-state index contributed by atoms with van der Waals surface area (Å²) in [4.78, 5) is 12.6. The molecule has 3 rings (SSSR count). The van der Waals surface area contributed by atoms with Gasteiger partial charge in [-0.15, -0.1) is 0 Å². The smallest absolute Gasteiger partial charge is 0.342 e.